The number of rotatable bonds is 6. The van der Waals surface area contributed by atoms with Crippen molar-refractivity contribution in [1.29, 1.82) is 0 Å². The van der Waals surface area contributed by atoms with Crippen molar-refractivity contribution < 1.29 is 14.3 Å². The third kappa shape index (κ3) is 5.11. The van der Waals surface area contributed by atoms with Crippen LogP contribution in [0.2, 0.25) is 0 Å². The fourth-order valence-electron chi connectivity index (χ4n) is 4.40. The molecule has 5 rings (SSSR count). The SMILES string of the molecule is NC1N=CC(c2ccc(C3(C(=O)Nc4ccc(Oc5ccccc5)cc4)CCOCC3)cc2)=CN1. The molecule has 7 nitrogen and oxygen atoms in total. The number of para-hydroxylation sites is 1. The predicted octanol–water partition coefficient (Wildman–Crippen LogP) is 4.42. The smallest absolute Gasteiger partial charge is 0.235 e. The van der Waals surface area contributed by atoms with Crippen LogP contribution in [-0.4, -0.2) is 31.6 Å². The lowest BCUT2D eigenvalue weighted by Crippen LogP contribution is -2.44. The van der Waals surface area contributed by atoms with Crippen LogP contribution >= 0.6 is 0 Å². The Kier molecular flexibility index (Phi) is 6.61. The molecule has 1 atom stereocenters. The molecule has 1 fully saturated rings. The number of hydrogen-bond donors (Lipinski definition) is 3. The van der Waals surface area contributed by atoms with Gasteiger partial charge in [0.1, 0.15) is 11.5 Å². The van der Waals surface area contributed by atoms with Crippen LogP contribution in [0.3, 0.4) is 0 Å². The second kappa shape index (κ2) is 10.1. The number of nitrogens with two attached hydrogens (primary N) is 1. The molecule has 0 radical (unpaired) electrons. The number of allylic oxidation sites excluding steroid dienone is 1. The zero-order chi connectivity index (χ0) is 24.1. The summed E-state index contributed by atoms with van der Waals surface area (Å²) in [5.41, 5.74) is 8.73. The van der Waals surface area contributed by atoms with E-state index in [1.54, 1.807) is 6.21 Å². The number of nitrogens with one attached hydrogen (secondary N) is 2. The summed E-state index contributed by atoms with van der Waals surface area (Å²) < 4.78 is 11.5. The summed E-state index contributed by atoms with van der Waals surface area (Å²) in [4.78, 5) is 17.8. The third-order valence-corrected chi connectivity index (χ3v) is 6.43. The highest BCUT2D eigenvalue weighted by Gasteiger charge is 2.41. The van der Waals surface area contributed by atoms with Crippen LogP contribution in [0.15, 0.2) is 90.1 Å². The molecule has 0 aliphatic carbocycles. The van der Waals surface area contributed by atoms with Crippen molar-refractivity contribution in [2.45, 2.75) is 24.5 Å². The molecule has 0 spiro atoms. The first-order valence-corrected chi connectivity index (χ1v) is 11.7. The van der Waals surface area contributed by atoms with Crippen LogP contribution in [0.25, 0.3) is 5.57 Å². The Morgan fingerprint density at radius 3 is 2.31 bits per heavy atom. The average Bonchev–Trinajstić information content (AvgIpc) is 2.91. The normalized spacial score (nSPS) is 18.8. The first-order valence-electron chi connectivity index (χ1n) is 11.7. The zero-order valence-electron chi connectivity index (χ0n) is 19.3. The number of aliphatic imine (C=N–C) groups is 1. The first kappa shape index (κ1) is 22.8. The van der Waals surface area contributed by atoms with Crippen LogP contribution in [0, 0.1) is 0 Å². The second-order valence-corrected chi connectivity index (χ2v) is 8.65. The molecule has 0 bridgehead atoms. The fourth-order valence-corrected chi connectivity index (χ4v) is 4.40. The number of hydrogen-bond acceptors (Lipinski definition) is 6. The Bertz CT molecular complexity index is 1220. The van der Waals surface area contributed by atoms with E-state index in [4.69, 9.17) is 15.2 Å². The number of benzene rings is 3. The molecule has 1 saturated heterocycles. The predicted molar refractivity (Wildman–Crippen MR) is 137 cm³/mol. The summed E-state index contributed by atoms with van der Waals surface area (Å²) in [6.07, 6.45) is 4.45. The summed E-state index contributed by atoms with van der Waals surface area (Å²) in [6.45, 7) is 1.08. The van der Waals surface area contributed by atoms with Crippen LogP contribution in [0.1, 0.15) is 24.0 Å². The minimum absolute atomic E-state index is 0.0311. The van der Waals surface area contributed by atoms with Crippen LogP contribution in [0.5, 0.6) is 11.5 Å². The van der Waals surface area contributed by atoms with Gasteiger partial charge in [0.2, 0.25) is 5.91 Å². The summed E-state index contributed by atoms with van der Waals surface area (Å²) in [5.74, 6) is 1.45. The van der Waals surface area contributed by atoms with Gasteiger partial charge >= 0.3 is 0 Å². The molecule has 0 saturated carbocycles. The monoisotopic (exact) mass is 468 g/mol. The van der Waals surface area contributed by atoms with E-state index in [9.17, 15) is 4.79 Å². The van der Waals surface area contributed by atoms with Crippen LogP contribution < -0.4 is 21.1 Å². The average molecular weight is 469 g/mol. The molecule has 2 aliphatic rings. The van der Waals surface area contributed by atoms with Crippen molar-refractivity contribution in [1.82, 2.24) is 5.32 Å². The molecule has 3 aromatic carbocycles. The standard InChI is InChI=1S/C28H28N4O3/c29-27-30-18-21(19-31-27)20-6-8-22(9-7-20)28(14-16-34-17-15-28)26(33)32-23-10-12-25(13-11-23)35-24-4-2-1-3-5-24/h1-13,18-19,27,30H,14-17,29H2,(H,32,33). The van der Waals surface area contributed by atoms with Gasteiger partial charge in [0.05, 0.1) is 5.41 Å². The van der Waals surface area contributed by atoms with E-state index in [2.05, 4.69) is 15.6 Å². The van der Waals surface area contributed by atoms with Crippen molar-refractivity contribution in [3.05, 3.63) is 96.2 Å². The first-order chi connectivity index (χ1) is 17.1. The molecule has 2 heterocycles. The molecule has 0 aromatic heterocycles. The summed E-state index contributed by atoms with van der Waals surface area (Å²) in [7, 11) is 0. The highest BCUT2D eigenvalue weighted by atomic mass is 16.5. The maximum absolute atomic E-state index is 13.6. The van der Waals surface area contributed by atoms with E-state index < -0.39 is 11.7 Å². The quantitative estimate of drug-likeness (QED) is 0.497. The lowest BCUT2D eigenvalue weighted by Gasteiger charge is -2.36. The van der Waals surface area contributed by atoms with Crippen molar-refractivity contribution in [2.24, 2.45) is 10.7 Å². The lowest BCUT2D eigenvalue weighted by molar-refractivity contribution is -0.125. The number of carbonyl (C=O) groups excluding carboxylic acids is 1. The van der Waals surface area contributed by atoms with Crippen LogP contribution in [-0.2, 0) is 14.9 Å². The Hall–Kier alpha value is -3.94. The van der Waals surface area contributed by atoms with E-state index in [-0.39, 0.29) is 5.91 Å². The van der Waals surface area contributed by atoms with Gasteiger partial charge in [-0.25, -0.2) is 0 Å². The number of nitrogens with zero attached hydrogens (tertiary/aromatic N) is 1. The molecule has 1 unspecified atom stereocenters. The zero-order valence-corrected chi connectivity index (χ0v) is 19.3. The molecular weight excluding hydrogens is 440 g/mol. The Morgan fingerprint density at radius 1 is 0.971 bits per heavy atom. The maximum atomic E-state index is 13.6. The lowest BCUT2D eigenvalue weighted by atomic mass is 9.73. The fraction of sp³-hybridized carbons (Fsp3) is 0.214. The van der Waals surface area contributed by atoms with E-state index in [1.807, 2.05) is 85.1 Å². The summed E-state index contributed by atoms with van der Waals surface area (Å²) >= 11 is 0. The number of carbonyl (C=O) groups is 1. The molecule has 7 heteroatoms. The van der Waals surface area contributed by atoms with Crippen molar-refractivity contribution in [3.8, 4) is 11.5 Å². The molecule has 178 valence electrons. The number of ether oxygens (including phenoxy) is 2. The topological polar surface area (TPSA) is 98.0 Å². The minimum atomic E-state index is -0.661. The summed E-state index contributed by atoms with van der Waals surface area (Å²) in [5, 5.41) is 6.13. The van der Waals surface area contributed by atoms with E-state index in [0.717, 1.165) is 28.1 Å². The molecule has 1 amide bonds. The van der Waals surface area contributed by atoms with Crippen molar-refractivity contribution >= 4 is 23.4 Å². The van der Waals surface area contributed by atoms with Crippen LogP contribution in [0.4, 0.5) is 5.69 Å². The van der Waals surface area contributed by atoms with Gasteiger partial charge < -0.3 is 20.1 Å². The third-order valence-electron chi connectivity index (χ3n) is 6.43. The van der Waals surface area contributed by atoms with Gasteiger partial charge in [0, 0.05) is 36.9 Å². The van der Waals surface area contributed by atoms with Gasteiger partial charge in [-0.3, -0.25) is 15.5 Å². The van der Waals surface area contributed by atoms with E-state index in [1.165, 1.54) is 0 Å². The highest BCUT2D eigenvalue weighted by molar-refractivity contribution is 6.10. The minimum Gasteiger partial charge on any atom is -0.457 e. The molecule has 35 heavy (non-hydrogen) atoms. The van der Waals surface area contributed by atoms with Gasteiger partial charge in [-0.2, -0.15) is 0 Å². The molecule has 3 aromatic rings. The summed E-state index contributed by atoms with van der Waals surface area (Å²) in [6, 6.07) is 25.1. The largest absolute Gasteiger partial charge is 0.457 e. The van der Waals surface area contributed by atoms with Gasteiger partial charge in [0.15, 0.2) is 6.29 Å². The highest BCUT2D eigenvalue weighted by Crippen LogP contribution is 2.37. The van der Waals surface area contributed by atoms with Gasteiger partial charge in [-0.1, -0.05) is 42.5 Å². The Balaban J connectivity index is 1.32. The van der Waals surface area contributed by atoms with Gasteiger partial charge in [-0.05, 0) is 60.4 Å². The number of amides is 1. The van der Waals surface area contributed by atoms with Gasteiger partial charge in [0.25, 0.3) is 0 Å². The Morgan fingerprint density at radius 2 is 1.66 bits per heavy atom. The van der Waals surface area contributed by atoms with Crippen molar-refractivity contribution in [3.63, 3.8) is 0 Å². The molecule has 2 aliphatic heterocycles. The van der Waals surface area contributed by atoms with Crippen molar-refractivity contribution in [2.75, 3.05) is 18.5 Å². The van der Waals surface area contributed by atoms with E-state index in [0.29, 0.717) is 31.8 Å². The number of anilines is 1. The Labute approximate surface area is 204 Å². The van der Waals surface area contributed by atoms with E-state index >= 15 is 0 Å². The molecular formula is C28H28N4O3. The second-order valence-electron chi connectivity index (χ2n) is 8.65. The molecule has 4 N–H and O–H groups in total. The maximum Gasteiger partial charge on any atom is 0.235 e. The van der Waals surface area contributed by atoms with Gasteiger partial charge in [-0.15, -0.1) is 0 Å².